The first kappa shape index (κ1) is 23.0. The lowest BCUT2D eigenvalue weighted by Crippen LogP contribution is -2.43. The molecule has 1 heterocycles. The Balaban J connectivity index is 1.31. The van der Waals surface area contributed by atoms with Crippen LogP contribution >= 0.6 is 0 Å². The zero-order valence-electron chi connectivity index (χ0n) is 19.1. The molecule has 2 aliphatic rings. The van der Waals surface area contributed by atoms with E-state index < -0.39 is 10.0 Å². The van der Waals surface area contributed by atoms with E-state index in [0.717, 1.165) is 29.5 Å². The van der Waals surface area contributed by atoms with E-state index in [4.69, 9.17) is 0 Å². The third-order valence-electron chi connectivity index (χ3n) is 6.88. The second-order valence-corrected chi connectivity index (χ2v) is 11.4. The van der Waals surface area contributed by atoms with Crippen LogP contribution in [-0.2, 0) is 33.4 Å². The van der Waals surface area contributed by atoms with Crippen LogP contribution in [0.1, 0.15) is 66.5 Å². The number of carbonyl (C=O) groups excluding carboxylic acids is 1. The van der Waals surface area contributed by atoms with E-state index in [2.05, 4.69) is 23.5 Å². The molecule has 32 heavy (non-hydrogen) atoms. The fourth-order valence-corrected chi connectivity index (χ4v) is 6.49. The average molecular weight is 455 g/mol. The molecule has 1 amide bonds. The fourth-order valence-electron chi connectivity index (χ4n) is 4.94. The van der Waals surface area contributed by atoms with Crippen LogP contribution in [0.3, 0.4) is 0 Å². The van der Waals surface area contributed by atoms with Crippen molar-refractivity contribution >= 4 is 15.9 Å². The molecule has 0 radical (unpaired) electrons. The maximum absolute atomic E-state index is 12.9. The largest absolute Gasteiger partial charge is 0.349 e. The highest BCUT2D eigenvalue weighted by Crippen LogP contribution is 2.26. The lowest BCUT2D eigenvalue weighted by atomic mass is 9.89. The minimum Gasteiger partial charge on any atom is -0.349 e. The van der Waals surface area contributed by atoms with Crippen LogP contribution in [0, 0.1) is 12.8 Å². The first-order valence-corrected chi connectivity index (χ1v) is 13.4. The van der Waals surface area contributed by atoms with Crippen molar-refractivity contribution in [3.63, 3.8) is 0 Å². The van der Waals surface area contributed by atoms with Crippen LogP contribution in [0.15, 0.2) is 42.5 Å². The van der Waals surface area contributed by atoms with Gasteiger partial charge in [-0.05, 0) is 74.6 Å². The second-order valence-electron chi connectivity index (χ2n) is 9.38. The van der Waals surface area contributed by atoms with Crippen molar-refractivity contribution in [2.45, 2.75) is 64.2 Å². The molecule has 0 saturated carbocycles. The zero-order chi connectivity index (χ0) is 22.7. The number of benzene rings is 2. The molecule has 172 valence electrons. The Hall–Kier alpha value is -2.18. The topological polar surface area (TPSA) is 66.5 Å². The summed E-state index contributed by atoms with van der Waals surface area (Å²) in [4.78, 5) is 12.9. The van der Waals surface area contributed by atoms with Crippen LogP contribution in [0.2, 0.25) is 0 Å². The number of nitrogens with one attached hydrogen (secondary N) is 1. The third kappa shape index (κ3) is 5.41. The van der Waals surface area contributed by atoms with Crippen LogP contribution in [0.5, 0.6) is 0 Å². The van der Waals surface area contributed by atoms with Crippen molar-refractivity contribution in [1.82, 2.24) is 9.62 Å². The standard InChI is InChI=1S/C26H34N2O3S/c1-19-6-5-7-21(16-19)18-32(30,31)28-14-12-23(13-15-28)26(29)27-20(2)24-11-10-22-8-3-4-9-25(22)17-24/h5-7,10-11,16-17,20,23H,3-4,8-9,12-15,18H2,1-2H3,(H,27,29). The van der Waals surface area contributed by atoms with Gasteiger partial charge >= 0.3 is 0 Å². The fraction of sp³-hybridized carbons (Fsp3) is 0.500. The molecule has 1 atom stereocenters. The molecule has 5 nitrogen and oxygen atoms in total. The van der Waals surface area contributed by atoms with Gasteiger partial charge in [0.25, 0.3) is 0 Å². The van der Waals surface area contributed by atoms with Gasteiger partial charge in [-0.3, -0.25) is 4.79 Å². The molecule has 1 unspecified atom stereocenters. The molecular weight excluding hydrogens is 420 g/mol. The van der Waals surface area contributed by atoms with Gasteiger partial charge in [0.05, 0.1) is 11.8 Å². The summed E-state index contributed by atoms with van der Waals surface area (Å²) in [6, 6.07) is 14.2. The number of amides is 1. The van der Waals surface area contributed by atoms with Gasteiger partial charge in [-0.2, -0.15) is 0 Å². The van der Waals surface area contributed by atoms with E-state index in [1.54, 1.807) is 4.31 Å². The van der Waals surface area contributed by atoms with Crippen LogP contribution in [0.4, 0.5) is 0 Å². The highest BCUT2D eigenvalue weighted by molar-refractivity contribution is 7.88. The highest BCUT2D eigenvalue weighted by Gasteiger charge is 2.31. The predicted molar refractivity (Wildman–Crippen MR) is 128 cm³/mol. The average Bonchev–Trinajstić information content (AvgIpc) is 2.78. The smallest absolute Gasteiger partial charge is 0.223 e. The number of nitrogens with zero attached hydrogens (tertiary/aromatic N) is 1. The van der Waals surface area contributed by atoms with E-state index in [1.807, 2.05) is 38.1 Å². The van der Waals surface area contributed by atoms with Gasteiger partial charge < -0.3 is 5.32 Å². The van der Waals surface area contributed by atoms with Gasteiger partial charge in [0.1, 0.15) is 0 Å². The molecular formula is C26H34N2O3S. The van der Waals surface area contributed by atoms with Crippen LogP contribution < -0.4 is 5.32 Å². The molecule has 4 rings (SSSR count). The quantitative estimate of drug-likeness (QED) is 0.708. The summed E-state index contributed by atoms with van der Waals surface area (Å²) in [6.45, 7) is 4.80. The third-order valence-corrected chi connectivity index (χ3v) is 8.73. The molecule has 0 aromatic heterocycles. The zero-order valence-corrected chi connectivity index (χ0v) is 20.0. The summed E-state index contributed by atoms with van der Waals surface area (Å²) in [5.74, 6) is -0.0904. The minimum absolute atomic E-state index is 0.0148. The Morgan fingerprint density at radius 1 is 1.06 bits per heavy atom. The number of piperidine rings is 1. The molecule has 0 bridgehead atoms. The molecule has 1 N–H and O–H groups in total. The van der Waals surface area contributed by atoms with Crippen molar-refractivity contribution in [3.05, 3.63) is 70.3 Å². The molecule has 1 saturated heterocycles. The number of fused-ring (bicyclic) bond motifs is 1. The van der Waals surface area contributed by atoms with Crippen molar-refractivity contribution in [3.8, 4) is 0 Å². The normalized spacial score (nSPS) is 18.7. The summed E-state index contributed by atoms with van der Waals surface area (Å²) < 4.78 is 27.2. The maximum atomic E-state index is 12.9. The van der Waals surface area contributed by atoms with E-state index in [1.165, 1.54) is 24.0 Å². The second kappa shape index (κ2) is 9.75. The van der Waals surface area contributed by atoms with E-state index in [9.17, 15) is 13.2 Å². The Bertz CT molecular complexity index is 1070. The van der Waals surface area contributed by atoms with Gasteiger partial charge in [-0.25, -0.2) is 12.7 Å². The van der Waals surface area contributed by atoms with Crippen molar-refractivity contribution in [2.75, 3.05) is 13.1 Å². The summed E-state index contributed by atoms with van der Waals surface area (Å²) in [5.41, 5.74) is 5.88. The van der Waals surface area contributed by atoms with Gasteiger partial charge in [0, 0.05) is 19.0 Å². The van der Waals surface area contributed by atoms with Crippen LogP contribution in [0.25, 0.3) is 0 Å². The van der Waals surface area contributed by atoms with Crippen molar-refractivity contribution in [2.24, 2.45) is 5.92 Å². The number of carbonyl (C=O) groups is 1. The number of hydrogen-bond donors (Lipinski definition) is 1. The minimum atomic E-state index is -3.38. The maximum Gasteiger partial charge on any atom is 0.223 e. The van der Waals surface area contributed by atoms with Crippen molar-refractivity contribution < 1.29 is 13.2 Å². The molecule has 6 heteroatoms. The molecule has 2 aromatic carbocycles. The highest BCUT2D eigenvalue weighted by atomic mass is 32.2. The summed E-state index contributed by atoms with van der Waals surface area (Å²) in [6.07, 6.45) is 5.91. The number of hydrogen-bond acceptors (Lipinski definition) is 3. The first-order valence-electron chi connectivity index (χ1n) is 11.8. The molecule has 1 fully saturated rings. The van der Waals surface area contributed by atoms with Crippen molar-refractivity contribution in [1.29, 1.82) is 0 Å². The molecule has 1 aliphatic carbocycles. The molecule has 2 aromatic rings. The lowest BCUT2D eigenvalue weighted by molar-refractivity contribution is -0.126. The van der Waals surface area contributed by atoms with Gasteiger partial charge in [0.2, 0.25) is 15.9 Å². The number of aryl methyl sites for hydroxylation is 3. The first-order chi connectivity index (χ1) is 15.3. The Kier molecular flexibility index (Phi) is 7.01. The Morgan fingerprint density at radius 3 is 2.50 bits per heavy atom. The predicted octanol–water partition coefficient (Wildman–Crippen LogP) is 4.29. The number of rotatable bonds is 6. The lowest BCUT2D eigenvalue weighted by Gasteiger charge is -2.31. The molecule has 1 aliphatic heterocycles. The monoisotopic (exact) mass is 454 g/mol. The van der Waals surface area contributed by atoms with Gasteiger partial charge in [-0.15, -0.1) is 0 Å². The molecule has 0 spiro atoms. The van der Waals surface area contributed by atoms with E-state index >= 15 is 0 Å². The SMILES string of the molecule is Cc1cccc(CS(=O)(=O)N2CCC(C(=O)NC(C)c3ccc4c(c3)CCCC4)CC2)c1. The summed E-state index contributed by atoms with van der Waals surface area (Å²) in [5, 5.41) is 3.17. The Morgan fingerprint density at radius 2 is 1.78 bits per heavy atom. The summed E-state index contributed by atoms with van der Waals surface area (Å²) >= 11 is 0. The Labute approximate surface area is 192 Å². The van der Waals surface area contributed by atoms with Gasteiger partial charge in [-0.1, -0.05) is 48.0 Å². The number of sulfonamides is 1. The van der Waals surface area contributed by atoms with E-state index in [-0.39, 0.29) is 23.6 Å². The van der Waals surface area contributed by atoms with Gasteiger partial charge in [0.15, 0.2) is 0 Å². The van der Waals surface area contributed by atoms with Crippen LogP contribution in [-0.4, -0.2) is 31.7 Å². The summed E-state index contributed by atoms with van der Waals surface area (Å²) in [7, 11) is -3.38. The van der Waals surface area contributed by atoms with E-state index in [0.29, 0.717) is 25.9 Å².